The smallest absolute Gasteiger partial charge is 0.236 e. The molecule has 1 rings (SSSR count). The van der Waals surface area contributed by atoms with Gasteiger partial charge in [-0.2, -0.15) is 15.0 Å². The molecule has 0 radical (unpaired) electrons. The Hall–Kier alpha value is -1.71. The molecule has 9 nitrogen and oxygen atoms in total. The Labute approximate surface area is 172 Å². The average Bonchev–Trinajstić information content (AvgIpc) is 2.62. The third-order valence-corrected chi connectivity index (χ3v) is 3.80. The van der Waals surface area contributed by atoms with E-state index in [2.05, 4.69) is 30.9 Å². The van der Waals surface area contributed by atoms with Gasteiger partial charge in [0.25, 0.3) is 0 Å². The molecule has 0 aliphatic rings. The first-order valence-corrected chi connectivity index (χ1v) is 9.92. The van der Waals surface area contributed by atoms with Gasteiger partial charge in [-0.3, -0.25) is 30.3 Å². The Morgan fingerprint density at radius 1 is 0.593 bits per heavy atom. The monoisotopic (exact) mass is 438 g/mol. The maximum atomic E-state index is 11.8. The fourth-order valence-corrected chi connectivity index (χ4v) is 2.19. The molecule has 0 aliphatic carbocycles. The van der Waals surface area contributed by atoms with Crippen LogP contribution < -0.4 is 16.0 Å². The third kappa shape index (κ3) is 10.3. The zero-order valence-corrected chi connectivity index (χ0v) is 16.8. The standard InChI is InChI=1S/C15H21Cl3N6O3/c16-7-1-4-10(25)19-13-22-14(20-11(26)5-2-8-17)24-15(23-13)21-12(27)6-3-9-18/h1-9H2,(H3,19,20,21,22,23,24,25,26,27). The van der Waals surface area contributed by atoms with Crippen molar-refractivity contribution in [2.24, 2.45) is 0 Å². The van der Waals surface area contributed by atoms with Gasteiger partial charge >= 0.3 is 0 Å². The number of nitrogens with one attached hydrogen (secondary N) is 3. The largest absolute Gasteiger partial charge is 0.294 e. The van der Waals surface area contributed by atoms with Crippen LogP contribution in [-0.4, -0.2) is 50.3 Å². The van der Waals surface area contributed by atoms with E-state index in [-0.39, 0.29) is 54.8 Å². The van der Waals surface area contributed by atoms with Crippen molar-refractivity contribution >= 4 is 70.4 Å². The molecule has 0 aliphatic heterocycles. The van der Waals surface area contributed by atoms with Crippen LogP contribution in [0.3, 0.4) is 0 Å². The summed E-state index contributed by atoms with van der Waals surface area (Å²) in [4.78, 5) is 47.5. The van der Waals surface area contributed by atoms with Crippen LogP contribution in [-0.2, 0) is 14.4 Å². The van der Waals surface area contributed by atoms with Crippen molar-refractivity contribution in [3.05, 3.63) is 0 Å². The van der Waals surface area contributed by atoms with E-state index in [1.807, 2.05) is 0 Å². The Balaban J connectivity index is 2.90. The van der Waals surface area contributed by atoms with Crippen LogP contribution in [0.25, 0.3) is 0 Å². The highest BCUT2D eigenvalue weighted by molar-refractivity contribution is 6.18. The molecular formula is C15H21Cl3N6O3. The highest BCUT2D eigenvalue weighted by atomic mass is 35.5. The van der Waals surface area contributed by atoms with Gasteiger partial charge in [0, 0.05) is 36.9 Å². The van der Waals surface area contributed by atoms with Crippen LogP contribution in [0, 0.1) is 0 Å². The van der Waals surface area contributed by atoms with Crippen molar-refractivity contribution in [1.29, 1.82) is 0 Å². The molecule has 1 aromatic heterocycles. The van der Waals surface area contributed by atoms with E-state index in [1.165, 1.54) is 0 Å². The molecule has 0 saturated carbocycles. The molecule has 27 heavy (non-hydrogen) atoms. The van der Waals surface area contributed by atoms with Crippen LogP contribution in [0.15, 0.2) is 0 Å². The molecule has 0 atom stereocenters. The lowest BCUT2D eigenvalue weighted by Gasteiger charge is -2.09. The number of carbonyl (C=O) groups excluding carboxylic acids is 3. The molecule has 0 spiro atoms. The number of alkyl halides is 3. The van der Waals surface area contributed by atoms with Crippen molar-refractivity contribution < 1.29 is 14.4 Å². The number of aromatic nitrogens is 3. The van der Waals surface area contributed by atoms with Gasteiger partial charge in [-0.15, -0.1) is 34.8 Å². The molecule has 1 heterocycles. The maximum Gasteiger partial charge on any atom is 0.236 e. The van der Waals surface area contributed by atoms with Gasteiger partial charge < -0.3 is 0 Å². The van der Waals surface area contributed by atoms with Crippen LogP contribution in [0.2, 0.25) is 0 Å². The van der Waals surface area contributed by atoms with Gasteiger partial charge in [-0.1, -0.05) is 0 Å². The van der Waals surface area contributed by atoms with Crippen molar-refractivity contribution in [2.45, 2.75) is 38.5 Å². The number of anilines is 3. The highest BCUT2D eigenvalue weighted by Gasteiger charge is 2.13. The fraction of sp³-hybridized carbons (Fsp3) is 0.600. The summed E-state index contributed by atoms with van der Waals surface area (Å²) in [6.45, 7) is 0. The van der Waals surface area contributed by atoms with Gasteiger partial charge in [-0.25, -0.2) is 0 Å². The molecular weight excluding hydrogens is 419 g/mol. The predicted octanol–water partition coefficient (Wildman–Crippen LogP) is 2.74. The number of hydrogen-bond donors (Lipinski definition) is 3. The summed E-state index contributed by atoms with van der Waals surface area (Å²) in [5.41, 5.74) is 0. The van der Waals surface area contributed by atoms with E-state index in [0.29, 0.717) is 36.9 Å². The summed E-state index contributed by atoms with van der Waals surface area (Å²) in [5.74, 6) is -0.293. The van der Waals surface area contributed by atoms with Gasteiger partial charge in [0.2, 0.25) is 35.6 Å². The van der Waals surface area contributed by atoms with E-state index in [1.54, 1.807) is 0 Å². The second-order valence-electron chi connectivity index (χ2n) is 5.33. The minimum Gasteiger partial charge on any atom is -0.294 e. The van der Waals surface area contributed by atoms with Crippen LogP contribution in [0.5, 0.6) is 0 Å². The van der Waals surface area contributed by atoms with Gasteiger partial charge in [0.1, 0.15) is 0 Å². The quantitative estimate of drug-likeness (QED) is 0.430. The van der Waals surface area contributed by atoms with E-state index < -0.39 is 0 Å². The van der Waals surface area contributed by atoms with E-state index in [0.717, 1.165) is 0 Å². The van der Waals surface area contributed by atoms with Gasteiger partial charge in [-0.05, 0) is 19.3 Å². The molecule has 3 N–H and O–H groups in total. The summed E-state index contributed by atoms with van der Waals surface area (Å²) < 4.78 is 0. The molecule has 12 heteroatoms. The highest BCUT2D eigenvalue weighted by Crippen LogP contribution is 2.11. The Morgan fingerprint density at radius 2 is 0.852 bits per heavy atom. The van der Waals surface area contributed by atoms with Crippen LogP contribution >= 0.6 is 34.8 Å². The predicted molar refractivity (Wildman–Crippen MR) is 106 cm³/mol. The minimum atomic E-state index is -0.347. The molecule has 1 aromatic rings. The van der Waals surface area contributed by atoms with Crippen molar-refractivity contribution in [2.75, 3.05) is 33.6 Å². The SMILES string of the molecule is O=C(CCCCl)Nc1nc(NC(=O)CCCCl)nc(NC(=O)CCCCl)n1. The number of carbonyl (C=O) groups is 3. The molecule has 0 saturated heterocycles. The lowest BCUT2D eigenvalue weighted by atomic mass is 10.3. The van der Waals surface area contributed by atoms with E-state index >= 15 is 0 Å². The number of amides is 3. The first-order valence-electron chi connectivity index (χ1n) is 8.32. The zero-order valence-electron chi connectivity index (χ0n) is 14.6. The van der Waals surface area contributed by atoms with Crippen molar-refractivity contribution in [1.82, 2.24) is 15.0 Å². The van der Waals surface area contributed by atoms with Crippen molar-refractivity contribution in [3.8, 4) is 0 Å². The van der Waals surface area contributed by atoms with Crippen LogP contribution in [0.4, 0.5) is 17.8 Å². The first kappa shape index (κ1) is 23.3. The van der Waals surface area contributed by atoms with Gasteiger partial charge in [0.15, 0.2) is 0 Å². The molecule has 0 fully saturated rings. The molecule has 0 aromatic carbocycles. The van der Waals surface area contributed by atoms with E-state index in [4.69, 9.17) is 34.8 Å². The molecule has 0 bridgehead atoms. The molecule has 150 valence electrons. The number of rotatable bonds is 12. The maximum absolute atomic E-state index is 11.8. The normalized spacial score (nSPS) is 10.3. The lowest BCUT2D eigenvalue weighted by molar-refractivity contribution is -0.117. The lowest BCUT2D eigenvalue weighted by Crippen LogP contribution is -2.21. The second-order valence-corrected chi connectivity index (χ2v) is 6.46. The topological polar surface area (TPSA) is 126 Å². The van der Waals surface area contributed by atoms with Gasteiger partial charge in [0.05, 0.1) is 0 Å². The minimum absolute atomic E-state index is 0.0927. The summed E-state index contributed by atoms with van der Waals surface area (Å²) in [6, 6.07) is 0. The Morgan fingerprint density at radius 3 is 1.07 bits per heavy atom. The summed E-state index contributed by atoms with van der Waals surface area (Å²) in [5, 5.41) is 7.46. The van der Waals surface area contributed by atoms with E-state index in [9.17, 15) is 14.4 Å². The fourth-order valence-electron chi connectivity index (χ4n) is 1.79. The van der Waals surface area contributed by atoms with Crippen molar-refractivity contribution in [3.63, 3.8) is 0 Å². The average molecular weight is 440 g/mol. The Bertz CT molecular complexity index is 549. The molecule has 0 unspecified atom stereocenters. The number of nitrogens with zero attached hydrogens (tertiary/aromatic N) is 3. The summed E-state index contributed by atoms with van der Waals surface area (Å²) >= 11 is 16.7. The number of hydrogen-bond acceptors (Lipinski definition) is 6. The van der Waals surface area contributed by atoms with Crippen LogP contribution in [0.1, 0.15) is 38.5 Å². The number of halogens is 3. The summed E-state index contributed by atoms with van der Waals surface area (Å²) in [7, 11) is 0. The second kappa shape index (κ2) is 13.5. The molecule has 3 amide bonds. The summed E-state index contributed by atoms with van der Waals surface area (Å²) in [6.07, 6.45) is 2.02. The first-order chi connectivity index (χ1) is 13.0. The third-order valence-electron chi connectivity index (χ3n) is 3.00. The Kier molecular flexibility index (Phi) is 11.6. The zero-order chi connectivity index (χ0) is 20.1.